The average molecular weight is 296 g/mol. The molecule has 20 heavy (non-hydrogen) atoms. The molecule has 4 heteroatoms. The number of rotatable bonds is 4. The zero-order valence-electron chi connectivity index (χ0n) is 12.3. The van der Waals surface area contributed by atoms with E-state index < -0.39 is 0 Å². The summed E-state index contributed by atoms with van der Waals surface area (Å²) in [6, 6.07) is 7.59. The molecule has 1 aliphatic heterocycles. The van der Waals surface area contributed by atoms with E-state index in [1.54, 1.807) is 0 Å². The first-order valence-electron chi connectivity index (χ1n) is 7.37. The summed E-state index contributed by atoms with van der Waals surface area (Å²) >= 11 is 5.84. The highest BCUT2D eigenvalue weighted by Gasteiger charge is 2.26. The van der Waals surface area contributed by atoms with E-state index in [9.17, 15) is 4.79 Å². The third-order valence-electron chi connectivity index (χ3n) is 3.89. The molecule has 0 radical (unpaired) electrons. The molecule has 2 N–H and O–H groups in total. The van der Waals surface area contributed by atoms with Crippen LogP contribution in [0.4, 0.5) is 0 Å². The van der Waals surface area contributed by atoms with E-state index in [-0.39, 0.29) is 5.91 Å². The summed E-state index contributed by atoms with van der Waals surface area (Å²) in [5.41, 5.74) is 1.08. The number of benzene rings is 1. The van der Waals surface area contributed by atoms with Crippen molar-refractivity contribution in [2.75, 3.05) is 19.6 Å². The summed E-state index contributed by atoms with van der Waals surface area (Å²) in [5.74, 6) is 1.58. The third-order valence-corrected chi connectivity index (χ3v) is 4.14. The summed E-state index contributed by atoms with van der Waals surface area (Å²) in [4.78, 5) is 13.4. The van der Waals surface area contributed by atoms with Gasteiger partial charge in [0.05, 0.1) is 13.1 Å². The fourth-order valence-electron chi connectivity index (χ4n) is 3.16. The predicted molar refractivity (Wildman–Crippen MR) is 81.8 cm³/mol. The molecule has 2 rings (SSSR count). The second-order valence-electron chi connectivity index (χ2n) is 6.18. The van der Waals surface area contributed by atoms with Gasteiger partial charge in [0.25, 0.3) is 5.91 Å². The lowest BCUT2D eigenvalue weighted by Crippen LogP contribution is -3.15. The standard InChI is InChI=1S/C16H23ClN2O/c1-12-7-13(2)10-19(9-12)11-16(20)18-8-14-3-5-15(17)6-4-14/h3-6,12-13H,7-11H2,1-2H3,(H,18,20)/p+1/t12-,13+. The fraction of sp³-hybridized carbons (Fsp3) is 0.562. The molecule has 3 atom stereocenters. The van der Waals surface area contributed by atoms with Crippen LogP contribution in [0.25, 0.3) is 0 Å². The maximum Gasteiger partial charge on any atom is 0.275 e. The van der Waals surface area contributed by atoms with Gasteiger partial charge in [-0.15, -0.1) is 0 Å². The van der Waals surface area contributed by atoms with E-state index in [4.69, 9.17) is 11.6 Å². The molecule has 1 aromatic carbocycles. The Morgan fingerprint density at radius 1 is 1.25 bits per heavy atom. The van der Waals surface area contributed by atoms with E-state index in [2.05, 4.69) is 19.2 Å². The van der Waals surface area contributed by atoms with Gasteiger partial charge in [0.15, 0.2) is 6.54 Å². The van der Waals surface area contributed by atoms with Gasteiger partial charge < -0.3 is 10.2 Å². The van der Waals surface area contributed by atoms with Crippen LogP contribution in [0.15, 0.2) is 24.3 Å². The third kappa shape index (κ3) is 4.80. The SMILES string of the molecule is C[C@@H]1C[C@H](C)C[NH+](CC(=O)NCc2ccc(Cl)cc2)C1. The normalized spacial score (nSPS) is 26.2. The maximum absolute atomic E-state index is 12.0. The van der Waals surface area contributed by atoms with Crippen LogP contribution in [-0.4, -0.2) is 25.5 Å². The van der Waals surface area contributed by atoms with Crippen molar-refractivity contribution in [3.05, 3.63) is 34.9 Å². The highest BCUT2D eigenvalue weighted by atomic mass is 35.5. The Morgan fingerprint density at radius 3 is 2.45 bits per heavy atom. The van der Waals surface area contributed by atoms with Crippen molar-refractivity contribution >= 4 is 17.5 Å². The van der Waals surface area contributed by atoms with Crippen LogP contribution in [0, 0.1) is 11.8 Å². The quantitative estimate of drug-likeness (QED) is 0.867. The minimum atomic E-state index is 0.135. The van der Waals surface area contributed by atoms with Crippen molar-refractivity contribution in [3.63, 3.8) is 0 Å². The van der Waals surface area contributed by atoms with Crippen LogP contribution in [-0.2, 0) is 11.3 Å². The first kappa shape index (κ1) is 15.3. The van der Waals surface area contributed by atoms with Gasteiger partial charge in [-0.3, -0.25) is 4.79 Å². The lowest BCUT2D eigenvalue weighted by molar-refractivity contribution is -0.904. The van der Waals surface area contributed by atoms with Crippen LogP contribution in [0.2, 0.25) is 5.02 Å². The van der Waals surface area contributed by atoms with Crippen LogP contribution in [0.5, 0.6) is 0 Å². The minimum Gasteiger partial charge on any atom is -0.347 e. The number of hydrogen-bond acceptors (Lipinski definition) is 1. The molecule has 0 saturated carbocycles. The first-order chi connectivity index (χ1) is 9.52. The molecule has 1 aromatic rings. The largest absolute Gasteiger partial charge is 0.347 e. The predicted octanol–water partition coefficient (Wildman–Crippen LogP) is 1.52. The Labute approximate surface area is 126 Å². The van der Waals surface area contributed by atoms with Gasteiger partial charge in [-0.05, 0) is 24.1 Å². The number of carbonyl (C=O) groups is 1. The molecule has 0 spiro atoms. The van der Waals surface area contributed by atoms with E-state index in [1.165, 1.54) is 11.3 Å². The second kappa shape index (κ2) is 7.09. The van der Waals surface area contributed by atoms with Gasteiger partial charge in [0.2, 0.25) is 0 Å². The Bertz CT molecular complexity index is 436. The molecule has 0 aliphatic carbocycles. The lowest BCUT2D eigenvalue weighted by atomic mass is 9.92. The van der Waals surface area contributed by atoms with E-state index in [1.807, 2.05) is 24.3 Å². The van der Waals surface area contributed by atoms with Gasteiger partial charge in [-0.25, -0.2) is 0 Å². The summed E-state index contributed by atoms with van der Waals surface area (Å²) < 4.78 is 0. The van der Waals surface area contributed by atoms with E-state index >= 15 is 0 Å². The zero-order valence-corrected chi connectivity index (χ0v) is 13.0. The smallest absolute Gasteiger partial charge is 0.275 e. The highest BCUT2D eigenvalue weighted by molar-refractivity contribution is 6.30. The summed E-state index contributed by atoms with van der Waals surface area (Å²) in [5, 5.41) is 3.72. The fourth-order valence-corrected chi connectivity index (χ4v) is 3.29. The Balaban J connectivity index is 1.76. The van der Waals surface area contributed by atoms with Crippen molar-refractivity contribution in [1.82, 2.24) is 5.32 Å². The van der Waals surface area contributed by atoms with Crippen molar-refractivity contribution in [2.24, 2.45) is 11.8 Å². The van der Waals surface area contributed by atoms with Gasteiger partial charge in [-0.2, -0.15) is 0 Å². The summed E-state index contributed by atoms with van der Waals surface area (Å²) in [6.07, 6.45) is 1.29. The molecular formula is C16H24ClN2O+. The molecule has 0 aromatic heterocycles. The maximum atomic E-state index is 12.0. The molecule has 110 valence electrons. The lowest BCUT2D eigenvalue weighted by Gasteiger charge is -2.31. The van der Waals surface area contributed by atoms with Crippen molar-refractivity contribution in [1.29, 1.82) is 0 Å². The highest BCUT2D eigenvalue weighted by Crippen LogP contribution is 2.12. The van der Waals surface area contributed by atoms with Gasteiger partial charge >= 0.3 is 0 Å². The molecular weight excluding hydrogens is 272 g/mol. The van der Waals surface area contributed by atoms with Crippen molar-refractivity contribution < 1.29 is 9.69 Å². The van der Waals surface area contributed by atoms with Crippen LogP contribution >= 0.6 is 11.6 Å². The number of nitrogens with one attached hydrogen (secondary N) is 2. The summed E-state index contributed by atoms with van der Waals surface area (Å²) in [7, 11) is 0. The number of carbonyl (C=O) groups excluding carboxylic acids is 1. The van der Waals surface area contributed by atoms with Gasteiger partial charge in [-0.1, -0.05) is 37.6 Å². The number of amides is 1. The van der Waals surface area contributed by atoms with Crippen LogP contribution < -0.4 is 10.2 Å². The zero-order chi connectivity index (χ0) is 14.5. The molecule has 1 aliphatic rings. The topological polar surface area (TPSA) is 33.5 Å². The molecule has 1 saturated heterocycles. The summed E-state index contributed by atoms with van der Waals surface area (Å²) in [6.45, 7) is 7.94. The molecule has 3 nitrogen and oxygen atoms in total. The molecule has 1 fully saturated rings. The molecule has 1 amide bonds. The first-order valence-corrected chi connectivity index (χ1v) is 7.75. The monoisotopic (exact) mass is 295 g/mol. The van der Waals surface area contributed by atoms with Crippen molar-refractivity contribution in [3.8, 4) is 0 Å². The van der Waals surface area contributed by atoms with Crippen LogP contribution in [0.1, 0.15) is 25.8 Å². The van der Waals surface area contributed by atoms with Crippen molar-refractivity contribution in [2.45, 2.75) is 26.8 Å². The second-order valence-corrected chi connectivity index (χ2v) is 6.62. The number of hydrogen-bond donors (Lipinski definition) is 2. The Hall–Kier alpha value is -1.06. The van der Waals surface area contributed by atoms with Gasteiger partial charge in [0.1, 0.15) is 0 Å². The van der Waals surface area contributed by atoms with E-state index in [0.717, 1.165) is 35.5 Å². The number of quaternary nitrogens is 1. The Kier molecular flexibility index (Phi) is 5.44. The molecule has 0 bridgehead atoms. The van der Waals surface area contributed by atoms with E-state index in [0.29, 0.717) is 13.1 Å². The number of halogens is 1. The van der Waals surface area contributed by atoms with Crippen LogP contribution in [0.3, 0.4) is 0 Å². The van der Waals surface area contributed by atoms with Gasteiger partial charge in [0, 0.05) is 23.4 Å². The number of likely N-dealkylation sites (tertiary alicyclic amines) is 1. The molecule has 1 heterocycles. The number of piperidine rings is 1. The Morgan fingerprint density at radius 2 is 1.85 bits per heavy atom. The molecule has 1 unspecified atom stereocenters. The average Bonchev–Trinajstić information content (AvgIpc) is 2.37. The minimum absolute atomic E-state index is 0.135.